The van der Waals surface area contributed by atoms with Gasteiger partial charge in [-0.3, -0.25) is 4.79 Å². The van der Waals surface area contributed by atoms with E-state index in [-0.39, 0.29) is 11.9 Å². The van der Waals surface area contributed by atoms with Crippen LogP contribution in [0, 0.1) is 0 Å². The van der Waals surface area contributed by atoms with Crippen LogP contribution in [0.25, 0.3) is 0 Å². The highest BCUT2D eigenvalue weighted by Gasteiger charge is 2.09. The van der Waals surface area contributed by atoms with E-state index >= 15 is 0 Å². The molecule has 0 aliphatic heterocycles. The Morgan fingerprint density at radius 1 is 1.12 bits per heavy atom. The monoisotopic (exact) mass is 345 g/mol. The zero-order chi connectivity index (χ0) is 17.4. The second kappa shape index (κ2) is 9.08. The summed E-state index contributed by atoms with van der Waals surface area (Å²) in [5.74, 6) is -0.488. The number of carbonyl (C=O) groups excluding carboxylic acids is 2. The lowest BCUT2D eigenvalue weighted by Gasteiger charge is -2.08. The number of aryl methyl sites for hydroxylation is 1. The van der Waals surface area contributed by atoms with Crippen molar-refractivity contribution in [3.05, 3.63) is 64.7 Å². The van der Waals surface area contributed by atoms with Gasteiger partial charge in [0.25, 0.3) is 0 Å². The minimum absolute atomic E-state index is 0.107. The molecule has 0 radical (unpaired) electrons. The predicted molar refractivity (Wildman–Crippen MR) is 95.4 cm³/mol. The number of amides is 1. The van der Waals surface area contributed by atoms with Gasteiger partial charge >= 0.3 is 5.97 Å². The summed E-state index contributed by atoms with van der Waals surface area (Å²) in [5.41, 5.74) is 2.06. The summed E-state index contributed by atoms with van der Waals surface area (Å²) in [6, 6.07) is 14.2. The Bertz CT molecular complexity index is 698. The Labute approximate surface area is 146 Å². The molecule has 2 aromatic rings. The zero-order valence-electron chi connectivity index (χ0n) is 13.5. The Morgan fingerprint density at radius 3 is 2.58 bits per heavy atom. The van der Waals surface area contributed by atoms with Crippen LogP contribution in [-0.4, -0.2) is 18.5 Å². The number of nitrogens with one attached hydrogen (secondary N) is 1. The summed E-state index contributed by atoms with van der Waals surface area (Å²) in [7, 11) is 0. The first kappa shape index (κ1) is 18.0. The summed E-state index contributed by atoms with van der Waals surface area (Å²) in [6.45, 7) is 2.32. The van der Waals surface area contributed by atoms with Gasteiger partial charge in [-0.1, -0.05) is 36.7 Å². The lowest BCUT2D eigenvalue weighted by molar-refractivity contribution is -0.116. The molecule has 2 rings (SSSR count). The number of halogens is 1. The van der Waals surface area contributed by atoms with Crippen molar-refractivity contribution in [2.24, 2.45) is 0 Å². The number of esters is 1. The maximum absolute atomic E-state index is 12.1. The van der Waals surface area contributed by atoms with E-state index in [0.29, 0.717) is 35.7 Å². The van der Waals surface area contributed by atoms with Crippen LogP contribution in [-0.2, 0) is 16.0 Å². The smallest absolute Gasteiger partial charge is 0.338 e. The maximum Gasteiger partial charge on any atom is 0.338 e. The van der Waals surface area contributed by atoms with Crippen molar-refractivity contribution in [1.82, 2.24) is 0 Å². The van der Waals surface area contributed by atoms with Crippen LogP contribution >= 0.6 is 11.6 Å². The zero-order valence-corrected chi connectivity index (χ0v) is 14.3. The van der Waals surface area contributed by atoms with Crippen LogP contribution in [0.5, 0.6) is 0 Å². The van der Waals surface area contributed by atoms with Crippen molar-refractivity contribution in [2.45, 2.75) is 26.2 Å². The summed E-state index contributed by atoms with van der Waals surface area (Å²) in [5, 5.41) is 3.48. The number of hydrogen-bond donors (Lipinski definition) is 1. The van der Waals surface area contributed by atoms with E-state index < -0.39 is 0 Å². The molecule has 0 aliphatic carbocycles. The molecule has 0 bridgehead atoms. The van der Waals surface area contributed by atoms with Gasteiger partial charge in [0.2, 0.25) is 5.91 Å². The molecule has 0 spiro atoms. The van der Waals surface area contributed by atoms with E-state index in [1.807, 2.05) is 19.1 Å². The Hall–Kier alpha value is -2.33. The van der Waals surface area contributed by atoms with Gasteiger partial charge in [0.15, 0.2) is 0 Å². The highest BCUT2D eigenvalue weighted by Crippen LogP contribution is 2.14. The number of ether oxygens (including phenoxy) is 1. The molecule has 24 heavy (non-hydrogen) atoms. The second-order valence-corrected chi connectivity index (χ2v) is 5.83. The molecule has 0 aliphatic rings. The van der Waals surface area contributed by atoms with E-state index in [1.165, 1.54) is 0 Å². The summed E-state index contributed by atoms with van der Waals surface area (Å²) in [6.07, 6.45) is 1.75. The molecular weight excluding hydrogens is 326 g/mol. The number of rotatable bonds is 7. The first-order chi connectivity index (χ1) is 11.6. The summed E-state index contributed by atoms with van der Waals surface area (Å²) in [4.78, 5) is 23.9. The van der Waals surface area contributed by atoms with Crippen LogP contribution in [0.3, 0.4) is 0 Å². The fraction of sp³-hybridized carbons (Fsp3) is 0.263. The minimum atomic E-state index is -0.380. The summed E-state index contributed by atoms with van der Waals surface area (Å²) >= 11 is 5.84. The second-order valence-electron chi connectivity index (χ2n) is 5.39. The third-order valence-electron chi connectivity index (χ3n) is 3.37. The quantitative estimate of drug-likeness (QED) is 0.753. The molecule has 0 fully saturated rings. The van der Waals surface area contributed by atoms with Gasteiger partial charge < -0.3 is 10.1 Å². The van der Waals surface area contributed by atoms with Crippen LogP contribution < -0.4 is 5.32 Å². The average Bonchev–Trinajstić information content (AvgIpc) is 2.59. The molecule has 5 heteroatoms. The predicted octanol–water partition coefficient (Wildman–Crippen LogP) is 4.48. The van der Waals surface area contributed by atoms with Gasteiger partial charge in [-0.2, -0.15) is 0 Å². The molecule has 1 N–H and O–H groups in total. The number of hydrogen-bond acceptors (Lipinski definition) is 3. The normalized spacial score (nSPS) is 10.2. The first-order valence-electron chi connectivity index (χ1n) is 7.90. The molecule has 0 unspecified atom stereocenters. The fourth-order valence-corrected chi connectivity index (χ4v) is 2.26. The van der Waals surface area contributed by atoms with Crippen LogP contribution in [0.15, 0.2) is 48.5 Å². The van der Waals surface area contributed by atoms with Crippen molar-refractivity contribution in [1.29, 1.82) is 0 Å². The highest BCUT2D eigenvalue weighted by atomic mass is 35.5. The van der Waals surface area contributed by atoms with Crippen LogP contribution in [0.2, 0.25) is 5.02 Å². The number of carbonyl (C=O) groups is 2. The molecule has 126 valence electrons. The Balaban J connectivity index is 1.89. The standard InChI is InChI=1S/C19H20ClNO3/c1-2-12-24-19(23)15-4-3-5-17(13-15)21-18(22)11-8-14-6-9-16(20)10-7-14/h3-7,9-10,13H,2,8,11-12H2,1H3,(H,21,22). The van der Waals surface area contributed by atoms with Crippen molar-refractivity contribution in [3.8, 4) is 0 Å². The van der Waals surface area contributed by atoms with E-state index in [9.17, 15) is 9.59 Å². The average molecular weight is 346 g/mol. The van der Waals surface area contributed by atoms with E-state index in [1.54, 1.807) is 36.4 Å². The molecular formula is C19H20ClNO3. The Morgan fingerprint density at radius 2 is 1.88 bits per heavy atom. The van der Waals surface area contributed by atoms with Gasteiger partial charge in [0, 0.05) is 17.1 Å². The fourth-order valence-electron chi connectivity index (χ4n) is 2.13. The van der Waals surface area contributed by atoms with Crippen molar-refractivity contribution in [3.63, 3.8) is 0 Å². The third-order valence-corrected chi connectivity index (χ3v) is 3.63. The molecule has 0 saturated heterocycles. The molecule has 0 heterocycles. The van der Waals surface area contributed by atoms with Crippen LogP contribution in [0.4, 0.5) is 5.69 Å². The molecule has 0 aromatic heterocycles. The van der Waals surface area contributed by atoms with Crippen molar-refractivity contribution < 1.29 is 14.3 Å². The van der Waals surface area contributed by atoms with Gasteiger partial charge in [-0.25, -0.2) is 4.79 Å². The molecule has 0 atom stereocenters. The molecule has 0 saturated carbocycles. The molecule has 1 amide bonds. The van der Waals surface area contributed by atoms with Crippen LogP contribution in [0.1, 0.15) is 35.7 Å². The van der Waals surface area contributed by atoms with Crippen molar-refractivity contribution >= 4 is 29.2 Å². The largest absolute Gasteiger partial charge is 0.462 e. The SMILES string of the molecule is CCCOC(=O)c1cccc(NC(=O)CCc2ccc(Cl)cc2)c1. The van der Waals surface area contributed by atoms with E-state index in [0.717, 1.165) is 12.0 Å². The van der Waals surface area contributed by atoms with E-state index in [2.05, 4.69) is 5.32 Å². The van der Waals surface area contributed by atoms with Gasteiger partial charge in [-0.05, 0) is 48.7 Å². The van der Waals surface area contributed by atoms with Gasteiger partial charge in [-0.15, -0.1) is 0 Å². The highest BCUT2D eigenvalue weighted by molar-refractivity contribution is 6.30. The minimum Gasteiger partial charge on any atom is -0.462 e. The topological polar surface area (TPSA) is 55.4 Å². The maximum atomic E-state index is 12.1. The number of benzene rings is 2. The Kier molecular flexibility index (Phi) is 6.82. The van der Waals surface area contributed by atoms with E-state index in [4.69, 9.17) is 16.3 Å². The van der Waals surface area contributed by atoms with Gasteiger partial charge in [0.1, 0.15) is 0 Å². The summed E-state index contributed by atoms with van der Waals surface area (Å²) < 4.78 is 5.09. The lowest BCUT2D eigenvalue weighted by atomic mass is 10.1. The van der Waals surface area contributed by atoms with Crippen molar-refractivity contribution in [2.75, 3.05) is 11.9 Å². The molecule has 4 nitrogen and oxygen atoms in total. The first-order valence-corrected chi connectivity index (χ1v) is 8.27. The van der Waals surface area contributed by atoms with Gasteiger partial charge in [0.05, 0.1) is 12.2 Å². The third kappa shape index (κ3) is 5.70. The lowest BCUT2D eigenvalue weighted by Crippen LogP contribution is -2.13. The number of anilines is 1. The molecule has 2 aromatic carbocycles.